The van der Waals surface area contributed by atoms with Gasteiger partial charge < -0.3 is 10.6 Å². The molecule has 2 amide bonds. The molecule has 0 aliphatic heterocycles. The van der Waals surface area contributed by atoms with Gasteiger partial charge in [0.15, 0.2) is 4.96 Å². The first-order valence-corrected chi connectivity index (χ1v) is 10.8. The lowest BCUT2D eigenvalue weighted by Crippen LogP contribution is -2.26. The molecule has 0 spiro atoms. The van der Waals surface area contributed by atoms with Crippen molar-refractivity contribution in [2.24, 2.45) is 0 Å². The summed E-state index contributed by atoms with van der Waals surface area (Å²) in [6, 6.07) is 13.1. The zero-order chi connectivity index (χ0) is 21.8. The predicted octanol–water partition coefficient (Wildman–Crippen LogP) is 4.52. The van der Waals surface area contributed by atoms with Crippen LogP contribution >= 0.6 is 11.3 Å². The molecule has 0 radical (unpaired) electrons. The molecule has 4 aromatic rings. The second-order valence-corrected chi connectivity index (χ2v) is 7.88. The van der Waals surface area contributed by atoms with Crippen molar-refractivity contribution in [3.8, 4) is 11.3 Å². The number of thiazole rings is 1. The Hall–Kier alpha value is -3.52. The third-order valence-corrected chi connectivity index (χ3v) is 5.64. The fraction of sp³-hybridized carbons (Fsp3) is 0.174. The minimum absolute atomic E-state index is 0.129. The summed E-state index contributed by atoms with van der Waals surface area (Å²) in [6.45, 7) is 2.55. The van der Waals surface area contributed by atoms with Crippen LogP contribution in [-0.2, 0) is 11.2 Å². The van der Waals surface area contributed by atoms with E-state index >= 15 is 0 Å². The topological polar surface area (TPSA) is 75.5 Å². The molecule has 0 aliphatic carbocycles. The van der Waals surface area contributed by atoms with Crippen molar-refractivity contribution in [1.29, 1.82) is 0 Å². The van der Waals surface area contributed by atoms with Gasteiger partial charge in [0.05, 0.1) is 23.4 Å². The summed E-state index contributed by atoms with van der Waals surface area (Å²) in [5, 5.41) is 7.56. The van der Waals surface area contributed by atoms with Crippen molar-refractivity contribution in [3.63, 3.8) is 0 Å². The standard InChI is InChI=1S/C23H21FN4O2S/c1-2-11-25-22(30)18-5-3-4-6-19(18)26-21(29)12-17-14-31-23-27-20(13-28(17)23)15-7-9-16(24)10-8-15/h3-10,13-14H,2,11-12H2,1H3,(H,25,30)(H,26,29). The SMILES string of the molecule is CCCNC(=O)c1ccccc1NC(=O)Cc1csc2nc(-c3ccc(F)cc3)cn12. The van der Waals surface area contributed by atoms with E-state index in [9.17, 15) is 14.0 Å². The lowest BCUT2D eigenvalue weighted by Gasteiger charge is -2.11. The van der Waals surface area contributed by atoms with Crippen LogP contribution in [0.25, 0.3) is 16.2 Å². The van der Waals surface area contributed by atoms with Crippen molar-refractivity contribution >= 4 is 33.8 Å². The second-order valence-electron chi connectivity index (χ2n) is 7.04. The number of hydrogen-bond donors (Lipinski definition) is 2. The number of nitrogens with one attached hydrogen (secondary N) is 2. The van der Waals surface area contributed by atoms with E-state index in [0.717, 1.165) is 22.6 Å². The summed E-state index contributed by atoms with van der Waals surface area (Å²) >= 11 is 1.43. The molecule has 0 fully saturated rings. The lowest BCUT2D eigenvalue weighted by molar-refractivity contribution is -0.115. The molecule has 2 aromatic heterocycles. The Kier molecular flexibility index (Phi) is 6.08. The van der Waals surface area contributed by atoms with Gasteiger partial charge in [-0.25, -0.2) is 9.37 Å². The van der Waals surface area contributed by atoms with Crippen LogP contribution in [0, 0.1) is 5.82 Å². The number of carbonyl (C=O) groups is 2. The van der Waals surface area contributed by atoms with E-state index < -0.39 is 0 Å². The third-order valence-electron chi connectivity index (χ3n) is 4.75. The number of carbonyl (C=O) groups excluding carboxylic acids is 2. The first kappa shape index (κ1) is 20.7. The zero-order valence-electron chi connectivity index (χ0n) is 16.9. The number of fused-ring (bicyclic) bond motifs is 1. The van der Waals surface area contributed by atoms with Crippen LogP contribution in [0.15, 0.2) is 60.1 Å². The molecule has 0 unspecified atom stereocenters. The van der Waals surface area contributed by atoms with Gasteiger partial charge in [0, 0.05) is 29.4 Å². The van der Waals surface area contributed by atoms with E-state index in [1.807, 2.05) is 22.9 Å². The average molecular weight is 437 g/mol. The van der Waals surface area contributed by atoms with Gasteiger partial charge in [0.25, 0.3) is 5.91 Å². The van der Waals surface area contributed by atoms with E-state index in [2.05, 4.69) is 15.6 Å². The number of aromatic nitrogens is 2. The van der Waals surface area contributed by atoms with Crippen LogP contribution in [0.2, 0.25) is 0 Å². The van der Waals surface area contributed by atoms with Crippen molar-refractivity contribution in [3.05, 3.63) is 77.2 Å². The molecule has 8 heteroatoms. The Bertz CT molecular complexity index is 1230. The van der Waals surface area contributed by atoms with Crippen molar-refractivity contribution in [1.82, 2.24) is 14.7 Å². The molecule has 0 aliphatic rings. The molecule has 0 atom stereocenters. The fourth-order valence-electron chi connectivity index (χ4n) is 3.20. The molecule has 0 saturated heterocycles. The van der Waals surface area contributed by atoms with Gasteiger partial charge in [-0.05, 0) is 42.8 Å². The van der Waals surface area contributed by atoms with Crippen LogP contribution in [-0.4, -0.2) is 27.7 Å². The molecular weight excluding hydrogens is 415 g/mol. The first-order chi connectivity index (χ1) is 15.0. The summed E-state index contributed by atoms with van der Waals surface area (Å²) < 4.78 is 15.0. The van der Waals surface area contributed by atoms with Crippen LogP contribution in [0.1, 0.15) is 29.4 Å². The van der Waals surface area contributed by atoms with Gasteiger partial charge in [0.2, 0.25) is 5.91 Å². The van der Waals surface area contributed by atoms with Gasteiger partial charge in [-0.1, -0.05) is 19.1 Å². The Balaban J connectivity index is 1.51. The number of rotatable bonds is 7. The molecular formula is C23H21FN4O2S. The van der Waals surface area contributed by atoms with E-state index in [1.54, 1.807) is 36.4 Å². The summed E-state index contributed by atoms with van der Waals surface area (Å²) in [4.78, 5) is 30.4. The Labute approximate surface area is 182 Å². The minimum Gasteiger partial charge on any atom is -0.352 e. The fourth-order valence-corrected chi connectivity index (χ4v) is 4.07. The van der Waals surface area contributed by atoms with Gasteiger partial charge >= 0.3 is 0 Å². The van der Waals surface area contributed by atoms with Crippen molar-refractivity contribution in [2.75, 3.05) is 11.9 Å². The maximum atomic E-state index is 13.2. The van der Waals surface area contributed by atoms with Gasteiger partial charge in [0.1, 0.15) is 5.82 Å². The maximum absolute atomic E-state index is 13.2. The number of amides is 2. The van der Waals surface area contributed by atoms with Crippen LogP contribution in [0.5, 0.6) is 0 Å². The van der Waals surface area contributed by atoms with E-state index in [4.69, 9.17) is 0 Å². The quantitative estimate of drug-likeness (QED) is 0.447. The van der Waals surface area contributed by atoms with Crippen molar-refractivity contribution in [2.45, 2.75) is 19.8 Å². The van der Waals surface area contributed by atoms with E-state index in [-0.39, 0.29) is 24.1 Å². The molecule has 158 valence electrons. The lowest BCUT2D eigenvalue weighted by atomic mass is 10.1. The smallest absolute Gasteiger partial charge is 0.253 e. The summed E-state index contributed by atoms with van der Waals surface area (Å²) in [5.74, 6) is -0.743. The summed E-state index contributed by atoms with van der Waals surface area (Å²) in [6.07, 6.45) is 2.80. The second kappa shape index (κ2) is 9.09. The largest absolute Gasteiger partial charge is 0.352 e. The number of imidazole rings is 1. The summed E-state index contributed by atoms with van der Waals surface area (Å²) in [7, 11) is 0. The van der Waals surface area contributed by atoms with Crippen LogP contribution < -0.4 is 10.6 Å². The number of halogens is 1. The molecule has 4 rings (SSSR count). The Morgan fingerprint density at radius 3 is 2.68 bits per heavy atom. The highest BCUT2D eigenvalue weighted by atomic mass is 32.1. The molecule has 2 N–H and O–H groups in total. The van der Waals surface area contributed by atoms with Gasteiger partial charge in [-0.2, -0.15) is 0 Å². The minimum atomic E-state index is -0.300. The highest BCUT2D eigenvalue weighted by molar-refractivity contribution is 7.15. The number of para-hydroxylation sites is 1. The molecule has 0 bridgehead atoms. The van der Waals surface area contributed by atoms with Crippen LogP contribution in [0.3, 0.4) is 0 Å². The normalized spacial score (nSPS) is 10.9. The predicted molar refractivity (Wildman–Crippen MR) is 120 cm³/mol. The number of nitrogens with zero attached hydrogens (tertiary/aromatic N) is 2. The molecule has 0 saturated carbocycles. The monoisotopic (exact) mass is 436 g/mol. The number of anilines is 1. The number of hydrogen-bond acceptors (Lipinski definition) is 4. The van der Waals surface area contributed by atoms with Crippen LogP contribution in [0.4, 0.5) is 10.1 Å². The maximum Gasteiger partial charge on any atom is 0.253 e. The molecule has 2 heterocycles. The van der Waals surface area contributed by atoms with Gasteiger partial charge in [-0.3, -0.25) is 14.0 Å². The molecule has 31 heavy (non-hydrogen) atoms. The van der Waals surface area contributed by atoms with Crippen molar-refractivity contribution < 1.29 is 14.0 Å². The first-order valence-electron chi connectivity index (χ1n) is 9.93. The molecule has 2 aromatic carbocycles. The van der Waals surface area contributed by atoms with E-state index in [1.165, 1.54) is 23.5 Å². The van der Waals surface area contributed by atoms with Gasteiger partial charge in [-0.15, -0.1) is 11.3 Å². The van der Waals surface area contributed by atoms with E-state index in [0.29, 0.717) is 23.5 Å². The highest BCUT2D eigenvalue weighted by Gasteiger charge is 2.16. The third kappa shape index (κ3) is 4.64. The molecule has 6 nitrogen and oxygen atoms in total. The Morgan fingerprint density at radius 1 is 1.13 bits per heavy atom. The number of benzene rings is 2. The Morgan fingerprint density at radius 2 is 1.90 bits per heavy atom. The zero-order valence-corrected chi connectivity index (χ0v) is 17.7. The average Bonchev–Trinajstić information content (AvgIpc) is 3.35. The summed E-state index contributed by atoms with van der Waals surface area (Å²) in [5.41, 5.74) is 3.21. The highest BCUT2D eigenvalue weighted by Crippen LogP contribution is 2.24.